The molecule has 9 heteroatoms. The van der Waals surface area contributed by atoms with Crippen LogP contribution in [0.5, 0.6) is 0 Å². The van der Waals surface area contributed by atoms with Gasteiger partial charge in [0.05, 0.1) is 12.3 Å². The van der Waals surface area contributed by atoms with E-state index in [0.29, 0.717) is 41.8 Å². The summed E-state index contributed by atoms with van der Waals surface area (Å²) in [6, 6.07) is 5.92. The van der Waals surface area contributed by atoms with Gasteiger partial charge in [0.2, 0.25) is 17.6 Å². The van der Waals surface area contributed by atoms with Crippen LogP contribution in [0.25, 0.3) is 11.4 Å². The number of amides is 1. The summed E-state index contributed by atoms with van der Waals surface area (Å²) in [5.74, 6) is 0.531. The molecule has 3 aromatic rings. The van der Waals surface area contributed by atoms with Gasteiger partial charge in [-0.2, -0.15) is 4.98 Å². The Morgan fingerprint density at radius 1 is 1.26 bits per heavy atom. The molecule has 3 heterocycles. The lowest BCUT2D eigenvalue weighted by atomic mass is 9.97. The maximum absolute atomic E-state index is 13.1. The van der Waals surface area contributed by atoms with E-state index in [1.54, 1.807) is 24.0 Å². The third kappa shape index (κ3) is 3.71. The molecule has 1 saturated heterocycles. The summed E-state index contributed by atoms with van der Waals surface area (Å²) in [4.78, 5) is 18.8. The number of rotatable bonds is 4. The summed E-state index contributed by atoms with van der Waals surface area (Å²) in [6.07, 6.45) is 1.87. The fraction of sp³-hybridized carbons (Fsp3) is 0.389. The van der Waals surface area contributed by atoms with Gasteiger partial charge >= 0.3 is 0 Å². The van der Waals surface area contributed by atoms with Crippen molar-refractivity contribution in [2.75, 3.05) is 13.1 Å². The van der Waals surface area contributed by atoms with Crippen LogP contribution in [0.15, 0.2) is 33.4 Å². The molecule has 1 fully saturated rings. The molecule has 2 aromatic heterocycles. The van der Waals surface area contributed by atoms with Crippen molar-refractivity contribution in [1.82, 2.24) is 25.4 Å². The Labute approximate surface area is 154 Å². The quantitative estimate of drug-likeness (QED) is 0.695. The zero-order chi connectivity index (χ0) is 18.8. The van der Waals surface area contributed by atoms with Gasteiger partial charge in [-0.1, -0.05) is 15.5 Å². The highest BCUT2D eigenvalue weighted by Crippen LogP contribution is 2.28. The lowest BCUT2D eigenvalue weighted by molar-refractivity contribution is -0.131. The Balaban J connectivity index is 1.44. The van der Waals surface area contributed by atoms with Gasteiger partial charge in [-0.15, -0.1) is 0 Å². The first kappa shape index (κ1) is 17.3. The lowest BCUT2D eigenvalue weighted by Gasteiger charge is -2.30. The Bertz CT molecular complexity index is 937. The fourth-order valence-corrected chi connectivity index (χ4v) is 3.19. The molecule has 8 nitrogen and oxygen atoms in total. The van der Waals surface area contributed by atoms with Gasteiger partial charge < -0.3 is 9.42 Å². The second-order valence-electron chi connectivity index (χ2n) is 6.62. The van der Waals surface area contributed by atoms with Crippen molar-refractivity contribution in [3.63, 3.8) is 0 Å². The van der Waals surface area contributed by atoms with E-state index in [9.17, 15) is 9.18 Å². The van der Waals surface area contributed by atoms with Gasteiger partial charge in [0, 0.05) is 18.7 Å². The summed E-state index contributed by atoms with van der Waals surface area (Å²) in [7, 11) is 0. The number of halogens is 1. The SMILES string of the molecule is Cc1nonc1CC(=O)N1CCCC(c2nc(-c3ccc(F)cc3)no2)C1. The lowest BCUT2D eigenvalue weighted by Crippen LogP contribution is -2.40. The van der Waals surface area contributed by atoms with Gasteiger partial charge in [0.1, 0.15) is 17.2 Å². The molecular weight excluding hydrogens is 353 g/mol. The highest BCUT2D eigenvalue weighted by Gasteiger charge is 2.29. The van der Waals surface area contributed by atoms with Crippen molar-refractivity contribution in [2.45, 2.75) is 32.1 Å². The zero-order valence-corrected chi connectivity index (χ0v) is 14.8. The van der Waals surface area contributed by atoms with Gasteiger partial charge in [0.25, 0.3) is 0 Å². The number of aromatic nitrogens is 4. The molecular formula is C18H18FN5O3. The maximum Gasteiger partial charge on any atom is 0.231 e. The molecule has 140 valence electrons. The van der Waals surface area contributed by atoms with Gasteiger partial charge in [-0.05, 0) is 44.0 Å². The molecule has 0 N–H and O–H groups in total. The van der Waals surface area contributed by atoms with Crippen molar-refractivity contribution >= 4 is 5.91 Å². The number of nitrogens with zero attached hydrogens (tertiary/aromatic N) is 5. The third-order valence-corrected chi connectivity index (χ3v) is 4.73. The molecule has 0 radical (unpaired) electrons. The largest absolute Gasteiger partial charge is 0.342 e. The molecule has 1 aliphatic heterocycles. The average Bonchev–Trinajstić information content (AvgIpc) is 3.32. The molecule has 1 unspecified atom stereocenters. The molecule has 1 aliphatic rings. The Kier molecular flexibility index (Phi) is 4.66. The number of hydrogen-bond acceptors (Lipinski definition) is 7. The minimum absolute atomic E-state index is 0.0269. The van der Waals surface area contributed by atoms with E-state index < -0.39 is 0 Å². The molecule has 1 aromatic carbocycles. The number of hydrogen-bond donors (Lipinski definition) is 0. The van der Waals surface area contributed by atoms with Gasteiger partial charge in [0.15, 0.2) is 0 Å². The molecule has 1 amide bonds. The predicted molar refractivity (Wildman–Crippen MR) is 91.0 cm³/mol. The van der Waals surface area contributed by atoms with E-state index in [1.165, 1.54) is 12.1 Å². The topological polar surface area (TPSA) is 98.2 Å². The van der Waals surface area contributed by atoms with Crippen LogP contribution in [-0.2, 0) is 11.2 Å². The Morgan fingerprint density at radius 2 is 2.07 bits per heavy atom. The van der Waals surface area contributed by atoms with E-state index in [4.69, 9.17) is 4.52 Å². The monoisotopic (exact) mass is 371 g/mol. The number of aryl methyl sites for hydroxylation is 1. The summed E-state index contributed by atoms with van der Waals surface area (Å²) < 4.78 is 23.1. The van der Waals surface area contributed by atoms with Crippen molar-refractivity contribution in [3.05, 3.63) is 47.4 Å². The average molecular weight is 371 g/mol. The second-order valence-corrected chi connectivity index (χ2v) is 6.62. The van der Waals surface area contributed by atoms with E-state index in [-0.39, 0.29) is 24.1 Å². The molecule has 27 heavy (non-hydrogen) atoms. The van der Waals surface area contributed by atoms with Crippen LogP contribution in [0.4, 0.5) is 4.39 Å². The van der Waals surface area contributed by atoms with Crippen LogP contribution in [0, 0.1) is 12.7 Å². The maximum atomic E-state index is 13.1. The first-order valence-corrected chi connectivity index (χ1v) is 8.75. The van der Waals surface area contributed by atoms with Crippen molar-refractivity contribution in [1.29, 1.82) is 0 Å². The molecule has 0 saturated carbocycles. The second kappa shape index (κ2) is 7.26. The van der Waals surface area contributed by atoms with Crippen LogP contribution in [0.2, 0.25) is 0 Å². The standard InChI is InChI=1S/C18H18FN5O3/c1-11-15(22-27-21-11)9-16(25)24-8-2-3-13(10-24)18-20-17(23-26-18)12-4-6-14(19)7-5-12/h4-7,13H,2-3,8-10H2,1H3. The molecule has 0 spiro atoms. The van der Waals surface area contributed by atoms with Gasteiger partial charge in [-0.25, -0.2) is 9.02 Å². The van der Waals surface area contributed by atoms with E-state index in [2.05, 4.69) is 25.1 Å². The number of carbonyl (C=O) groups excluding carboxylic acids is 1. The summed E-state index contributed by atoms with van der Waals surface area (Å²) in [5, 5.41) is 11.5. The summed E-state index contributed by atoms with van der Waals surface area (Å²) in [5.41, 5.74) is 1.86. The van der Waals surface area contributed by atoms with E-state index in [0.717, 1.165) is 12.8 Å². The van der Waals surface area contributed by atoms with Crippen molar-refractivity contribution in [2.24, 2.45) is 0 Å². The van der Waals surface area contributed by atoms with Gasteiger partial charge in [-0.3, -0.25) is 4.79 Å². The Morgan fingerprint density at radius 3 is 2.81 bits per heavy atom. The van der Waals surface area contributed by atoms with Crippen LogP contribution in [0.1, 0.15) is 36.0 Å². The number of likely N-dealkylation sites (tertiary alicyclic amines) is 1. The summed E-state index contributed by atoms with van der Waals surface area (Å²) in [6.45, 7) is 2.94. The highest BCUT2D eigenvalue weighted by molar-refractivity contribution is 5.78. The molecule has 0 bridgehead atoms. The fourth-order valence-electron chi connectivity index (χ4n) is 3.19. The van der Waals surface area contributed by atoms with Crippen LogP contribution >= 0.6 is 0 Å². The normalized spacial score (nSPS) is 17.3. The molecule has 1 atom stereocenters. The van der Waals surface area contributed by atoms with Crippen LogP contribution in [-0.4, -0.2) is 44.4 Å². The highest BCUT2D eigenvalue weighted by atomic mass is 19.1. The number of piperidine rings is 1. The smallest absolute Gasteiger partial charge is 0.231 e. The minimum atomic E-state index is -0.318. The van der Waals surface area contributed by atoms with E-state index >= 15 is 0 Å². The third-order valence-electron chi connectivity index (χ3n) is 4.73. The predicted octanol–water partition coefficient (Wildman–Crippen LogP) is 2.52. The first-order valence-electron chi connectivity index (χ1n) is 8.75. The van der Waals surface area contributed by atoms with Crippen molar-refractivity contribution < 1.29 is 18.3 Å². The molecule has 0 aliphatic carbocycles. The number of carbonyl (C=O) groups is 1. The summed E-state index contributed by atoms with van der Waals surface area (Å²) >= 11 is 0. The zero-order valence-electron chi connectivity index (χ0n) is 14.8. The first-order chi connectivity index (χ1) is 13.1. The molecule has 4 rings (SSSR count). The number of benzene rings is 1. The van der Waals surface area contributed by atoms with Crippen LogP contribution < -0.4 is 0 Å². The minimum Gasteiger partial charge on any atom is -0.342 e. The Hall–Kier alpha value is -3.10. The van der Waals surface area contributed by atoms with Crippen LogP contribution in [0.3, 0.4) is 0 Å². The van der Waals surface area contributed by atoms with Crippen molar-refractivity contribution in [3.8, 4) is 11.4 Å². The van der Waals surface area contributed by atoms with E-state index in [1.807, 2.05) is 0 Å².